The molecule has 8 aromatic rings. The Labute approximate surface area is 319 Å². The normalized spacial score (nSPS) is 23.4. The number of nitrogens with zero attached hydrogens (tertiary/aromatic N) is 2. The van der Waals surface area contributed by atoms with Crippen LogP contribution in [0.15, 0.2) is 144 Å². The van der Waals surface area contributed by atoms with Crippen molar-refractivity contribution in [3.63, 3.8) is 0 Å². The van der Waals surface area contributed by atoms with Crippen LogP contribution in [0.4, 0.5) is 0 Å². The molecule has 4 heteroatoms. The summed E-state index contributed by atoms with van der Waals surface area (Å²) in [5.41, 5.74) is 13.0. The third kappa shape index (κ3) is 4.12. The molecule has 4 fully saturated rings. The highest BCUT2D eigenvalue weighted by atomic mass is 16.5. The van der Waals surface area contributed by atoms with Crippen molar-refractivity contribution < 1.29 is 9.15 Å². The van der Waals surface area contributed by atoms with Crippen molar-refractivity contribution in [1.82, 2.24) is 9.97 Å². The number of furan rings is 1. The third-order valence-electron chi connectivity index (χ3n) is 14.1. The van der Waals surface area contributed by atoms with Crippen LogP contribution in [-0.4, -0.2) is 9.97 Å². The molecule has 1 spiro atoms. The van der Waals surface area contributed by atoms with Crippen LogP contribution >= 0.6 is 0 Å². The molecule has 6 aromatic carbocycles. The lowest BCUT2D eigenvalue weighted by Crippen LogP contribution is -2.49. The molecular formula is C51H38N2O2. The van der Waals surface area contributed by atoms with Crippen LogP contribution in [0.3, 0.4) is 0 Å². The van der Waals surface area contributed by atoms with Crippen molar-refractivity contribution in [3.8, 4) is 45.1 Å². The molecule has 0 saturated heterocycles. The fraction of sp³-hybridized carbons (Fsp3) is 0.216. The van der Waals surface area contributed by atoms with Gasteiger partial charge in [0, 0.05) is 38.4 Å². The summed E-state index contributed by atoms with van der Waals surface area (Å²) in [6, 6.07) is 50.4. The van der Waals surface area contributed by atoms with Gasteiger partial charge in [0.15, 0.2) is 0 Å². The zero-order chi connectivity index (χ0) is 35.9. The Morgan fingerprint density at radius 1 is 0.473 bits per heavy atom. The van der Waals surface area contributed by atoms with E-state index >= 15 is 0 Å². The van der Waals surface area contributed by atoms with Gasteiger partial charge in [-0.3, -0.25) is 0 Å². The summed E-state index contributed by atoms with van der Waals surface area (Å²) in [5.74, 6) is 5.25. The lowest BCUT2D eigenvalue weighted by atomic mass is 9.49. The highest BCUT2D eigenvalue weighted by Gasteiger charge is 2.54. The maximum absolute atomic E-state index is 6.63. The Morgan fingerprint density at radius 2 is 1.04 bits per heavy atom. The van der Waals surface area contributed by atoms with Gasteiger partial charge in [0.25, 0.3) is 0 Å². The minimum absolute atomic E-state index is 0.0404. The van der Waals surface area contributed by atoms with Gasteiger partial charge in [-0.1, -0.05) is 91.0 Å². The maximum atomic E-state index is 6.63. The van der Waals surface area contributed by atoms with Gasteiger partial charge in [0.05, 0.1) is 16.8 Å². The molecule has 4 saturated carbocycles. The molecule has 0 amide bonds. The second-order valence-electron chi connectivity index (χ2n) is 17.1. The number of hydrogen-bond acceptors (Lipinski definition) is 4. The van der Waals surface area contributed by atoms with Gasteiger partial charge >= 0.3 is 0 Å². The first kappa shape index (κ1) is 30.3. The SMILES string of the molecule is c1ccc2c(c1)Oc1ccccc1C21c2ccccc2-c2ccc(-c3cc(-c4ccc5oc6ccccc6c5c4)nc(C45CC6CC(CC(C6)C4)C5)n3)cc21. The molecule has 14 rings (SSSR count). The van der Waals surface area contributed by atoms with Crippen molar-refractivity contribution in [2.24, 2.45) is 17.8 Å². The van der Waals surface area contributed by atoms with Crippen molar-refractivity contribution >= 4 is 21.9 Å². The smallest absolute Gasteiger partial charge is 0.135 e. The minimum Gasteiger partial charge on any atom is -0.457 e. The van der Waals surface area contributed by atoms with Crippen LogP contribution in [0.5, 0.6) is 11.5 Å². The molecule has 4 bridgehead atoms. The van der Waals surface area contributed by atoms with Gasteiger partial charge in [-0.2, -0.15) is 0 Å². The summed E-state index contributed by atoms with van der Waals surface area (Å²) in [6.45, 7) is 0. The van der Waals surface area contributed by atoms with E-state index in [9.17, 15) is 0 Å². The highest BCUT2D eigenvalue weighted by Crippen LogP contribution is 2.63. The maximum Gasteiger partial charge on any atom is 0.135 e. The topological polar surface area (TPSA) is 48.2 Å². The lowest BCUT2D eigenvalue weighted by molar-refractivity contribution is -0.00929. The number of hydrogen-bond donors (Lipinski definition) is 0. The largest absolute Gasteiger partial charge is 0.457 e. The van der Waals surface area contributed by atoms with Crippen LogP contribution in [0.2, 0.25) is 0 Å². The fourth-order valence-corrected chi connectivity index (χ4v) is 12.3. The number of rotatable bonds is 3. The summed E-state index contributed by atoms with van der Waals surface area (Å²) >= 11 is 0. The van der Waals surface area contributed by atoms with E-state index in [-0.39, 0.29) is 5.41 Å². The number of ether oxygens (including phenoxy) is 1. The fourth-order valence-electron chi connectivity index (χ4n) is 12.3. The van der Waals surface area contributed by atoms with E-state index in [0.717, 1.165) is 79.5 Å². The number of fused-ring (bicyclic) bond motifs is 12. The van der Waals surface area contributed by atoms with Crippen LogP contribution < -0.4 is 4.74 Å². The average Bonchev–Trinajstić information content (AvgIpc) is 3.74. The second-order valence-corrected chi connectivity index (χ2v) is 17.1. The monoisotopic (exact) mass is 710 g/mol. The predicted molar refractivity (Wildman–Crippen MR) is 217 cm³/mol. The first-order valence-electron chi connectivity index (χ1n) is 20.1. The highest BCUT2D eigenvalue weighted by molar-refractivity contribution is 6.06. The molecule has 0 N–H and O–H groups in total. The van der Waals surface area contributed by atoms with E-state index in [1.807, 2.05) is 6.07 Å². The van der Waals surface area contributed by atoms with Gasteiger partial charge < -0.3 is 9.15 Å². The first-order chi connectivity index (χ1) is 27.1. The molecule has 264 valence electrons. The van der Waals surface area contributed by atoms with Crippen LogP contribution in [0, 0.1) is 17.8 Å². The summed E-state index contributed by atoms with van der Waals surface area (Å²) in [4.78, 5) is 11.2. The number of aromatic nitrogens is 2. The van der Waals surface area contributed by atoms with Gasteiger partial charge in [0.1, 0.15) is 28.5 Å². The predicted octanol–water partition coefficient (Wildman–Crippen LogP) is 12.6. The van der Waals surface area contributed by atoms with E-state index in [0.29, 0.717) is 0 Å². The van der Waals surface area contributed by atoms with E-state index < -0.39 is 5.41 Å². The number of benzene rings is 6. The van der Waals surface area contributed by atoms with Crippen LogP contribution in [0.25, 0.3) is 55.6 Å². The van der Waals surface area contributed by atoms with Crippen molar-refractivity contribution in [3.05, 3.63) is 168 Å². The van der Waals surface area contributed by atoms with E-state index in [2.05, 4.69) is 133 Å². The Bertz CT molecular complexity index is 2840. The molecule has 2 aromatic heterocycles. The molecule has 1 aliphatic heterocycles. The summed E-state index contributed by atoms with van der Waals surface area (Å²) < 4.78 is 12.9. The van der Waals surface area contributed by atoms with Gasteiger partial charge in [0.2, 0.25) is 0 Å². The lowest BCUT2D eigenvalue weighted by Gasteiger charge is -2.56. The minimum atomic E-state index is -0.528. The Balaban J connectivity index is 1.05. The second kappa shape index (κ2) is 10.8. The van der Waals surface area contributed by atoms with E-state index in [1.165, 1.54) is 71.9 Å². The van der Waals surface area contributed by atoms with Crippen molar-refractivity contribution in [1.29, 1.82) is 0 Å². The van der Waals surface area contributed by atoms with Gasteiger partial charge in [-0.15, -0.1) is 0 Å². The molecular weight excluding hydrogens is 673 g/mol. The molecule has 0 atom stereocenters. The Kier molecular flexibility index (Phi) is 5.97. The zero-order valence-electron chi connectivity index (χ0n) is 30.5. The molecule has 3 heterocycles. The van der Waals surface area contributed by atoms with Crippen LogP contribution in [0.1, 0.15) is 66.6 Å². The van der Waals surface area contributed by atoms with E-state index in [1.54, 1.807) is 0 Å². The number of para-hydroxylation sites is 3. The quantitative estimate of drug-likeness (QED) is 0.183. The molecule has 0 unspecified atom stereocenters. The van der Waals surface area contributed by atoms with Crippen LogP contribution in [-0.2, 0) is 10.8 Å². The molecule has 6 aliphatic rings. The third-order valence-corrected chi connectivity index (χ3v) is 14.1. The van der Waals surface area contributed by atoms with Crippen molar-refractivity contribution in [2.75, 3.05) is 0 Å². The zero-order valence-corrected chi connectivity index (χ0v) is 30.5. The average molecular weight is 711 g/mol. The molecule has 55 heavy (non-hydrogen) atoms. The molecule has 0 radical (unpaired) electrons. The summed E-state index contributed by atoms with van der Waals surface area (Å²) in [6.07, 6.45) is 7.79. The van der Waals surface area contributed by atoms with Gasteiger partial charge in [-0.25, -0.2) is 9.97 Å². The van der Waals surface area contributed by atoms with E-state index in [4.69, 9.17) is 19.1 Å². The summed E-state index contributed by atoms with van der Waals surface area (Å²) in [5, 5.41) is 2.26. The standard InChI is InChI=1S/C51H38N2O2/c1-3-11-39-35(9-1)36-19-17-34(25-42(36)51(39)40-12-4-7-15-47(40)55-48-16-8-5-13-41(48)51)44-26-43(33-18-20-46-38(24-33)37-10-2-6-14-45(37)54-46)52-49(53-44)50-27-30-21-31(28-50)23-32(22-30)29-50/h1-20,24-26,30-32H,21-23,27-29H2. The van der Waals surface area contributed by atoms with Crippen molar-refractivity contribution in [2.45, 2.75) is 49.4 Å². The first-order valence-corrected chi connectivity index (χ1v) is 20.1. The molecule has 5 aliphatic carbocycles. The Morgan fingerprint density at radius 3 is 1.76 bits per heavy atom. The molecule has 4 nitrogen and oxygen atoms in total. The van der Waals surface area contributed by atoms with Gasteiger partial charge in [-0.05, 0) is 127 Å². The summed E-state index contributed by atoms with van der Waals surface area (Å²) in [7, 11) is 0. The Hall–Kier alpha value is -6.00.